The second-order valence-electron chi connectivity index (χ2n) is 4.63. The summed E-state index contributed by atoms with van der Waals surface area (Å²) in [7, 11) is 1.30. The first kappa shape index (κ1) is 20.0. The molecule has 0 bridgehead atoms. The van der Waals surface area contributed by atoms with Gasteiger partial charge in [-0.05, 0) is 42.8 Å². The average molecular weight is 361 g/mol. The Labute approximate surface area is 142 Å². The molecule has 1 aromatic carbocycles. The van der Waals surface area contributed by atoms with Crippen LogP contribution in [0.4, 0.5) is 13.2 Å². The van der Waals surface area contributed by atoms with Gasteiger partial charge in [-0.1, -0.05) is 24.8 Å². The molecule has 0 aliphatic carbocycles. The highest BCUT2D eigenvalue weighted by Crippen LogP contribution is 2.32. The Morgan fingerprint density at radius 2 is 2.04 bits per heavy atom. The summed E-state index contributed by atoms with van der Waals surface area (Å²) in [5.41, 5.74) is -3.58. The van der Waals surface area contributed by atoms with E-state index in [0.29, 0.717) is 12.8 Å². The molecule has 4 nitrogen and oxygen atoms in total. The van der Waals surface area contributed by atoms with Crippen molar-refractivity contribution in [2.24, 2.45) is 0 Å². The fraction of sp³-hybridized carbons (Fsp3) is 0.312. The van der Waals surface area contributed by atoms with Gasteiger partial charge in [0.25, 0.3) is 0 Å². The molecule has 1 N–H and O–H groups in total. The zero-order chi connectivity index (χ0) is 18.0. The maximum Gasteiger partial charge on any atom is 0.479 e. The monoisotopic (exact) mass is 361 g/mol. The van der Waals surface area contributed by atoms with Gasteiger partial charge in [0, 0.05) is 0 Å². The van der Waals surface area contributed by atoms with Crippen LogP contribution in [0.1, 0.15) is 12.0 Å². The molecule has 0 aromatic heterocycles. The molecule has 0 heterocycles. The van der Waals surface area contributed by atoms with Crippen LogP contribution in [-0.4, -0.2) is 24.6 Å². The lowest BCUT2D eigenvalue weighted by Crippen LogP contribution is -2.34. The molecule has 0 amide bonds. The topological polar surface area (TPSA) is 47.6 Å². The van der Waals surface area contributed by atoms with Gasteiger partial charge in [-0.15, -0.1) is 0 Å². The van der Waals surface area contributed by atoms with Gasteiger partial charge in [-0.3, -0.25) is 0 Å². The number of esters is 1. The molecule has 1 unspecified atom stereocenters. The summed E-state index contributed by atoms with van der Waals surface area (Å²) in [6, 6.07) is 5.68. The molecule has 0 spiro atoms. The van der Waals surface area contributed by atoms with Gasteiger partial charge in [0.2, 0.25) is 0 Å². The van der Waals surface area contributed by atoms with Crippen molar-refractivity contribution in [3.63, 3.8) is 0 Å². The number of methoxy groups -OCH3 is 1. The van der Waals surface area contributed by atoms with Gasteiger partial charge >= 0.3 is 11.5 Å². The Hall–Kier alpha value is -2.09. The number of ether oxygens (including phenoxy) is 1. The quantitative estimate of drug-likeness (QED) is 0.409. The van der Waals surface area contributed by atoms with E-state index in [2.05, 4.69) is 16.1 Å². The lowest BCUT2D eigenvalue weighted by atomic mass is 10.1. The Kier molecular flexibility index (Phi) is 8.25. The molecule has 132 valence electrons. The number of hydrogen-bond acceptors (Lipinski definition) is 5. The fourth-order valence-electron chi connectivity index (χ4n) is 1.77. The third-order valence-electron chi connectivity index (χ3n) is 2.89. The molecule has 24 heavy (non-hydrogen) atoms. The number of halogens is 3. The predicted octanol–water partition coefficient (Wildman–Crippen LogP) is 4.00. The zero-order valence-electron chi connectivity index (χ0n) is 13.0. The van der Waals surface area contributed by atoms with Crippen molar-refractivity contribution in [2.75, 3.05) is 7.11 Å². The largest absolute Gasteiger partial charge is 0.479 e. The van der Waals surface area contributed by atoms with Crippen molar-refractivity contribution in [2.45, 2.75) is 24.4 Å². The maximum absolute atomic E-state index is 12.0. The zero-order valence-corrected chi connectivity index (χ0v) is 13.8. The van der Waals surface area contributed by atoms with Crippen LogP contribution in [0, 0.1) is 0 Å². The van der Waals surface area contributed by atoms with Crippen molar-refractivity contribution in [3.05, 3.63) is 54.8 Å². The number of aryl methyl sites for hydroxylation is 1. The molecule has 1 atom stereocenters. The summed E-state index contributed by atoms with van der Waals surface area (Å²) in [4.78, 5) is 11.7. The first-order valence-corrected chi connectivity index (χ1v) is 7.72. The van der Waals surface area contributed by atoms with Gasteiger partial charge < -0.3 is 14.2 Å². The van der Waals surface area contributed by atoms with Crippen LogP contribution in [0.2, 0.25) is 0 Å². The van der Waals surface area contributed by atoms with Gasteiger partial charge in [-0.2, -0.15) is 13.2 Å². The fourth-order valence-corrected chi connectivity index (χ4v) is 2.07. The van der Waals surface area contributed by atoms with Crippen molar-refractivity contribution in [1.29, 1.82) is 0 Å². The molecular weight excluding hydrogens is 343 g/mol. The van der Waals surface area contributed by atoms with Gasteiger partial charge in [-0.25, -0.2) is 4.79 Å². The van der Waals surface area contributed by atoms with E-state index in [9.17, 15) is 18.0 Å². The Morgan fingerprint density at radius 1 is 1.38 bits per heavy atom. The lowest BCUT2D eigenvalue weighted by Gasteiger charge is -2.15. The number of rotatable bonds is 9. The number of benzene rings is 1. The minimum absolute atomic E-state index is 0.109. The van der Waals surface area contributed by atoms with Gasteiger partial charge in [0.05, 0.1) is 7.11 Å². The van der Waals surface area contributed by atoms with Crippen molar-refractivity contribution >= 4 is 18.0 Å². The van der Waals surface area contributed by atoms with E-state index >= 15 is 0 Å². The van der Waals surface area contributed by atoms with Crippen LogP contribution in [0.15, 0.2) is 49.2 Å². The Bertz CT molecular complexity index is 559. The standard InChI is InChI=1S/C16H18F3NO3S/c1-3-4-11-20-14(15(21)22-2)10-7-12-5-8-13(9-6-12)23-24-16(17,18)19/h3-6,8-9,11,14,20H,1,7,10H2,2H3/b11-4-. The molecule has 0 aliphatic rings. The second kappa shape index (κ2) is 9.92. The minimum atomic E-state index is -4.45. The molecule has 0 saturated heterocycles. The minimum Gasteiger partial charge on any atom is -0.467 e. The summed E-state index contributed by atoms with van der Waals surface area (Å²) in [5.74, 6) is -0.289. The van der Waals surface area contributed by atoms with Gasteiger partial charge in [0.15, 0.2) is 12.0 Å². The van der Waals surface area contributed by atoms with Crippen molar-refractivity contribution < 1.29 is 26.9 Å². The number of carbonyl (C=O) groups is 1. The van der Waals surface area contributed by atoms with Gasteiger partial charge in [0.1, 0.15) is 11.8 Å². The third-order valence-corrected chi connectivity index (χ3v) is 3.36. The molecule has 0 fully saturated rings. The molecule has 0 saturated carbocycles. The van der Waals surface area contributed by atoms with Crippen molar-refractivity contribution in [3.8, 4) is 5.75 Å². The van der Waals surface area contributed by atoms with E-state index in [1.54, 1.807) is 30.5 Å². The third kappa shape index (κ3) is 7.96. The number of allylic oxidation sites excluding steroid dienone is 2. The van der Waals surface area contributed by atoms with Crippen LogP contribution < -0.4 is 9.50 Å². The average Bonchev–Trinajstić information content (AvgIpc) is 2.55. The molecule has 1 rings (SSSR count). The van der Waals surface area contributed by atoms with Crippen LogP contribution in [0.3, 0.4) is 0 Å². The summed E-state index contributed by atoms with van der Waals surface area (Å²) in [6.45, 7) is 3.53. The Balaban J connectivity index is 2.56. The molecular formula is C16H18F3NO3S. The maximum atomic E-state index is 12.0. The summed E-state index contributed by atoms with van der Waals surface area (Å²) < 4.78 is 45.4. The van der Waals surface area contributed by atoms with E-state index in [4.69, 9.17) is 4.74 Å². The molecule has 1 aromatic rings. The van der Waals surface area contributed by atoms with Crippen LogP contribution in [-0.2, 0) is 16.0 Å². The van der Waals surface area contributed by atoms with E-state index in [-0.39, 0.29) is 5.75 Å². The number of hydrogen-bond donors (Lipinski definition) is 1. The second-order valence-corrected chi connectivity index (χ2v) is 5.43. The first-order chi connectivity index (χ1) is 11.4. The van der Waals surface area contributed by atoms with E-state index in [0.717, 1.165) is 5.56 Å². The predicted molar refractivity (Wildman–Crippen MR) is 87.3 cm³/mol. The molecule has 0 radical (unpaired) electrons. The summed E-state index contributed by atoms with van der Waals surface area (Å²) >= 11 is -0.558. The first-order valence-electron chi connectivity index (χ1n) is 6.98. The lowest BCUT2D eigenvalue weighted by molar-refractivity contribution is -0.143. The SMILES string of the molecule is C=C/C=C\NC(CCc1ccc(OSC(F)(F)F)cc1)C(=O)OC. The van der Waals surface area contributed by atoms with Crippen LogP contribution in [0.25, 0.3) is 0 Å². The Morgan fingerprint density at radius 3 is 2.58 bits per heavy atom. The molecule has 0 aliphatic heterocycles. The normalized spacial score (nSPS) is 12.7. The van der Waals surface area contributed by atoms with E-state index in [1.807, 2.05) is 0 Å². The molecule has 8 heteroatoms. The summed E-state index contributed by atoms with van der Waals surface area (Å²) in [6.07, 6.45) is 5.83. The smallest absolute Gasteiger partial charge is 0.467 e. The van der Waals surface area contributed by atoms with E-state index in [1.165, 1.54) is 19.2 Å². The highest BCUT2D eigenvalue weighted by Gasteiger charge is 2.31. The number of nitrogens with one attached hydrogen (secondary N) is 1. The number of alkyl halides is 3. The van der Waals surface area contributed by atoms with Crippen LogP contribution >= 0.6 is 12.0 Å². The highest BCUT2D eigenvalue weighted by molar-refractivity contribution is 7.95. The van der Waals surface area contributed by atoms with Crippen molar-refractivity contribution in [1.82, 2.24) is 5.32 Å². The highest BCUT2D eigenvalue weighted by atomic mass is 32.2. The van der Waals surface area contributed by atoms with Crippen LogP contribution in [0.5, 0.6) is 5.75 Å². The summed E-state index contributed by atoms with van der Waals surface area (Å²) in [5, 5.41) is 2.91. The number of carbonyl (C=O) groups excluding carboxylic acids is 1. The van der Waals surface area contributed by atoms with E-state index < -0.39 is 29.6 Å².